The van der Waals surface area contributed by atoms with Gasteiger partial charge in [0.25, 0.3) is 0 Å². The molecule has 0 bridgehead atoms. The molecule has 0 N–H and O–H groups in total. The molecular weight excluding hydrogens is 252 g/mol. The third-order valence-electron chi connectivity index (χ3n) is 2.63. The lowest BCUT2D eigenvalue weighted by molar-refractivity contribution is 0.104. The summed E-state index contributed by atoms with van der Waals surface area (Å²) in [5, 5.41) is 0. The number of ether oxygens (including phenoxy) is 1. The minimum absolute atomic E-state index is 0.0914. The lowest BCUT2D eigenvalue weighted by Gasteiger charge is -2.02. The zero-order chi connectivity index (χ0) is 14.2. The summed E-state index contributed by atoms with van der Waals surface area (Å²) in [6, 6.07) is 16.1. The Morgan fingerprint density at radius 2 is 1.70 bits per heavy atom. The fraction of sp³-hybridized carbons (Fsp3) is 0. The van der Waals surface area contributed by atoms with E-state index in [9.17, 15) is 9.59 Å². The first-order valence-electron chi connectivity index (χ1n) is 6.04. The van der Waals surface area contributed by atoms with Gasteiger partial charge >= 0.3 is 0 Å². The predicted octanol–water partition coefficient (Wildman–Crippen LogP) is 3.31. The van der Waals surface area contributed by atoms with Crippen LogP contribution in [0.4, 0.5) is 0 Å². The second-order valence-corrected chi connectivity index (χ2v) is 3.95. The summed E-state index contributed by atoms with van der Waals surface area (Å²) in [6.07, 6.45) is 4.07. The van der Waals surface area contributed by atoms with Crippen LogP contribution in [0.5, 0.6) is 5.75 Å². The summed E-state index contributed by atoms with van der Waals surface area (Å²) in [5.41, 5.74) is 1.33. The summed E-state index contributed by atoms with van der Waals surface area (Å²) in [5.74, 6) is 1.95. The Kier molecular flexibility index (Phi) is 4.65. The Morgan fingerprint density at radius 3 is 2.45 bits per heavy atom. The minimum atomic E-state index is -0.0914. The number of carbonyl (C=O) groups excluding carboxylic acids is 2. The number of para-hydroxylation sites is 1. The van der Waals surface area contributed by atoms with Gasteiger partial charge in [-0.15, -0.1) is 0 Å². The van der Waals surface area contributed by atoms with Gasteiger partial charge in [0.1, 0.15) is 5.75 Å². The molecule has 2 aromatic rings. The number of carbonyl (C=O) groups is 1. The molecule has 0 radical (unpaired) electrons. The summed E-state index contributed by atoms with van der Waals surface area (Å²) in [6.45, 7) is 0. The Morgan fingerprint density at radius 1 is 1.00 bits per heavy atom. The van der Waals surface area contributed by atoms with Crippen LogP contribution in [0, 0.1) is 0 Å². The summed E-state index contributed by atoms with van der Waals surface area (Å²) in [7, 11) is 0. The van der Waals surface area contributed by atoms with Gasteiger partial charge in [-0.05, 0) is 18.2 Å². The third-order valence-corrected chi connectivity index (χ3v) is 2.63. The van der Waals surface area contributed by atoms with Crippen molar-refractivity contribution < 1.29 is 14.3 Å². The topological polar surface area (TPSA) is 43.4 Å². The SMILES string of the molecule is O=C=COc1ccccc1C=CC(=O)c1ccccc1. The maximum absolute atomic E-state index is 11.9. The highest BCUT2D eigenvalue weighted by atomic mass is 16.5. The van der Waals surface area contributed by atoms with Crippen molar-refractivity contribution in [2.45, 2.75) is 0 Å². The molecule has 3 nitrogen and oxygen atoms in total. The van der Waals surface area contributed by atoms with Gasteiger partial charge in [-0.1, -0.05) is 48.5 Å². The van der Waals surface area contributed by atoms with Crippen LogP contribution in [0.2, 0.25) is 0 Å². The Labute approximate surface area is 116 Å². The molecule has 2 aromatic carbocycles. The van der Waals surface area contributed by atoms with Crippen LogP contribution in [0.15, 0.2) is 66.9 Å². The highest BCUT2D eigenvalue weighted by Gasteiger charge is 2.02. The van der Waals surface area contributed by atoms with Crippen molar-refractivity contribution in [1.82, 2.24) is 0 Å². The van der Waals surface area contributed by atoms with E-state index in [2.05, 4.69) is 0 Å². The molecule has 0 atom stereocenters. The Balaban J connectivity index is 2.19. The van der Waals surface area contributed by atoms with Gasteiger partial charge in [-0.25, -0.2) is 4.79 Å². The number of rotatable bonds is 5. The Hall–Kier alpha value is -2.90. The molecule has 0 aromatic heterocycles. The standard InChI is InChI=1S/C17H12O3/c18-12-13-20-17-9-5-4-8-15(17)10-11-16(19)14-6-2-1-3-7-14/h1-11,13H. The number of allylic oxidation sites excluding steroid dienone is 1. The summed E-state index contributed by atoms with van der Waals surface area (Å²) < 4.78 is 5.11. The maximum atomic E-state index is 11.9. The van der Waals surface area contributed by atoms with Crippen LogP contribution in [-0.2, 0) is 4.79 Å². The monoisotopic (exact) mass is 264 g/mol. The minimum Gasteiger partial charge on any atom is -0.453 e. The van der Waals surface area contributed by atoms with E-state index in [0.29, 0.717) is 16.9 Å². The molecule has 0 saturated carbocycles. The first-order valence-corrected chi connectivity index (χ1v) is 6.04. The third kappa shape index (κ3) is 3.55. The van der Waals surface area contributed by atoms with E-state index in [1.807, 2.05) is 24.3 Å². The first kappa shape index (κ1) is 13.5. The molecule has 0 aliphatic rings. The van der Waals surface area contributed by atoms with Gasteiger partial charge in [0.15, 0.2) is 18.0 Å². The van der Waals surface area contributed by atoms with Crippen molar-refractivity contribution in [2.24, 2.45) is 0 Å². The van der Waals surface area contributed by atoms with Crippen molar-refractivity contribution in [2.75, 3.05) is 0 Å². The van der Waals surface area contributed by atoms with E-state index in [4.69, 9.17) is 4.74 Å². The van der Waals surface area contributed by atoms with Gasteiger partial charge < -0.3 is 4.74 Å². The van der Waals surface area contributed by atoms with Crippen LogP contribution >= 0.6 is 0 Å². The van der Waals surface area contributed by atoms with Crippen LogP contribution in [0.3, 0.4) is 0 Å². The predicted molar refractivity (Wildman–Crippen MR) is 77.1 cm³/mol. The van der Waals surface area contributed by atoms with Crippen molar-refractivity contribution in [3.63, 3.8) is 0 Å². The van der Waals surface area contributed by atoms with E-state index in [0.717, 1.165) is 6.26 Å². The normalized spacial score (nSPS) is 10.0. The van der Waals surface area contributed by atoms with Gasteiger partial charge in [0, 0.05) is 11.1 Å². The fourth-order valence-electron chi connectivity index (χ4n) is 1.68. The van der Waals surface area contributed by atoms with Crippen LogP contribution in [0.25, 0.3) is 6.08 Å². The molecule has 0 amide bonds. The largest absolute Gasteiger partial charge is 0.453 e. The van der Waals surface area contributed by atoms with Crippen molar-refractivity contribution in [3.05, 3.63) is 78.1 Å². The molecule has 98 valence electrons. The maximum Gasteiger partial charge on any atom is 0.185 e. The smallest absolute Gasteiger partial charge is 0.185 e. The molecule has 2 rings (SSSR count). The van der Waals surface area contributed by atoms with Crippen LogP contribution < -0.4 is 4.74 Å². The molecule has 0 aliphatic heterocycles. The number of hydrogen-bond acceptors (Lipinski definition) is 3. The average Bonchev–Trinajstić information content (AvgIpc) is 2.52. The van der Waals surface area contributed by atoms with E-state index < -0.39 is 0 Å². The molecule has 0 spiro atoms. The fourth-order valence-corrected chi connectivity index (χ4v) is 1.68. The molecule has 3 heteroatoms. The van der Waals surface area contributed by atoms with Crippen LogP contribution in [-0.4, -0.2) is 11.7 Å². The van der Waals surface area contributed by atoms with E-state index in [1.54, 1.807) is 42.3 Å². The molecule has 0 fully saturated rings. The van der Waals surface area contributed by atoms with Gasteiger partial charge in [0.2, 0.25) is 0 Å². The van der Waals surface area contributed by atoms with Crippen molar-refractivity contribution in [1.29, 1.82) is 0 Å². The second-order valence-electron chi connectivity index (χ2n) is 3.95. The van der Waals surface area contributed by atoms with E-state index >= 15 is 0 Å². The highest BCUT2D eigenvalue weighted by molar-refractivity contribution is 6.06. The van der Waals surface area contributed by atoms with Crippen molar-refractivity contribution >= 4 is 17.8 Å². The lowest BCUT2D eigenvalue weighted by atomic mass is 10.1. The lowest BCUT2D eigenvalue weighted by Crippen LogP contribution is -1.93. The molecule has 0 aliphatic carbocycles. The van der Waals surface area contributed by atoms with Gasteiger partial charge in [-0.3, -0.25) is 4.79 Å². The molecule has 0 unspecified atom stereocenters. The summed E-state index contributed by atoms with van der Waals surface area (Å²) >= 11 is 0. The number of benzene rings is 2. The molecule has 20 heavy (non-hydrogen) atoms. The average molecular weight is 264 g/mol. The Bertz CT molecular complexity index is 666. The molecule has 0 saturated heterocycles. The molecular formula is C17H12O3. The van der Waals surface area contributed by atoms with E-state index in [-0.39, 0.29) is 5.78 Å². The van der Waals surface area contributed by atoms with Gasteiger partial charge in [-0.2, -0.15) is 0 Å². The number of ketones is 1. The van der Waals surface area contributed by atoms with E-state index in [1.165, 1.54) is 6.08 Å². The highest BCUT2D eigenvalue weighted by Crippen LogP contribution is 2.19. The second kappa shape index (κ2) is 6.88. The zero-order valence-corrected chi connectivity index (χ0v) is 10.7. The van der Waals surface area contributed by atoms with Crippen LogP contribution in [0.1, 0.15) is 15.9 Å². The first-order chi connectivity index (χ1) is 9.81. The quantitative estimate of drug-likeness (QED) is 0.360. The van der Waals surface area contributed by atoms with Crippen molar-refractivity contribution in [3.8, 4) is 5.75 Å². The zero-order valence-electron chi connectivity index (χ0n) is 10.7. The molecule has 0 heterocycles. The van der Waals surface area contributed by atoms with Gasteiger partial charge in [0.05, 0.1) is 0 Å². The summed E-state index contributed by atoms with van der Waals surface area (Å²) in [4.78, 5) is 22.1. The number of hydrogen-bond donors (Lipinski definition) is 0.